The number of amides is 1. The van der Waals surface area contributed by atoms with Crippen LogP contribution in [-0.2, 0) is 11.2 Å². The number of hydrogen-bond donors (Lipinski definition) is 1. The monoisotopic (exact) mass is 316 g/mol. The number of benzene rings is 1. The summed E-state index contributed by atoms with van der Waals surface area (Å²) >= 11 is 1.57. The lowest BCUT2D eigenvalue weighted by atomic mass is 10.1. The van der Waals surface area contributed by atoms with Crippen molar-refractivity contribution in [2.75, 3.05) is 18.2 Å². The van der Waals surface area contributed by atoms with Crippen LogP contribution < -0.4 is 10.1 Å². The standard InChI is InChI=1S/C17H20N2O2S/c1-3-21-15-8-4-13(5-9-15)6-10-16(20)19-14-7-11-17(22-2)18-12-14/h4-5,7-9,11-12H,3,6,10H2,1-2H3,(H,19,20). The number of rotatable bonds is 7. The molecule has 5 heteroatoms. The number of thioether (sulfide) groups is 1. The molecule has 0 aliphatic carbocycles. The number of ether oxygens (including phenoxy) is 1. The van der Waals surface area contributed by atoms with Crippen molar-refractivity contribution in [2.24, 2.45) is 0 Å². The molecule has 4 nitrogen and oxygen atoms in total. The summed E-state index contributed by atoms with van der Waals surface area (Å²) in [6.07, 6.45) is 4.80. The van der Waals surface area contributed by atoms with Crippen LogP contribution in [0.4, 0.5) is 5.69 Å². The molecular weight excluding hydrogens is 296 g/mol. The number of hydrogen-bond acceptors (Lipinski definition) is 4. The first-order valence-corrected chi connectivity index (χ1v) is 8.45. The number of anilines is 1. The third kappa shape index (κ3) is 5.07. The first kappa shape index (κ1) is 16.4. The molecule has 1 N–H and O–H groups in total. The van der Waals surface area contributed by atoms with Crippen LogP contribution in [0.15, 0.2) is 47.6 Å². The van der Waals surface area contributed by atoms with Crippen molar-refractivity contribution >= 4 is 23.4 Å². The zero-order valence-electron chi connectivity index (χ0n) is 12.8. The van der Waals surface area contributed by atoms with E-state index in [1.807, 2.05) is 49.6 Å². The van der Waals surface area contributed by atoms with Gasteiger partial charge in [-0.15, -0.1) is 11.8 Å². The summed E-state index contributed by atoms with van der Waals surface area (Å²) in [6, 6.07) is 11.6. The van der Waals surface area contributed by atoms with Crippen molar-refractivity contribution in [3.63, 3.8) is 0 Å². The molecule has 2 rings (SSSR count). The Labute approximate surface area is 135 Å². The molecule has 22 heavy (non-hydrogen) atoms. The average Bonchev–Trinajstić information content (AvgIpc) is 2.55. The Kier molecular flexibility index (Phi) is 6.27. The number of aryl methyl sites for hydroxylation is 1. The first-order chi connectivity index (χ1) is 10.7. The van der Waals surface area contributed by atoms with E-state index in [0.717, 1.165) is 22.0 Å². The number of pyridine rings is 1. The van der Waals surface area contributed by atoms with Crippen LogP contribution in [0.5, 0.6) is 5.75 Å². The highest BCUT2D eigenvalue weighted by molar-refractivity contribution is 7.98. The fourth-order valence-corrected chi connectivity index (χ4v) is 2.34. The van der Waals surface area contributed by atoms with Gasteiger partial charge < -0.3 is 10.1 Å². The van der Waals surface area contributed by atoms with E-state index >= 15 is 0 Å². The Bertz CT molecular complexity index is 597. The van der Waals surface area contributed by atoms with E-state index in [9.17, 15) is 4.79 Å². The molecule has 0 aliphatic heterocycles. The van der Waals surface area contributed by atoms with Crippen LogP contribution in [0.1, 0.15) is 18.9 Å². The Balaban J connectivity index is 1.81. The van der Waals surface area contributed by atoms with Crippen LogP contribution in [0, 0.1) is 0 Å². The van der Waals surface area contributed by atoms with E-state index < -0.39 is 0 Å². The predicted molar refractivity (Wildman–Crippen MR) is 90.6 cm³/mol. The van der Waals surface area contributed by atoms with Crippen LogP contribution in [0.2, 0.25) is 0 Å². The number of carbonyl (C=O) groups is 1. The summed E-state index contributed by atoms with van der Waals surface area (Å²) in [5.74, 6) is 0.850. The molecular formula is C17H20N2O2S. The lowest BCUT2D eigenvalue weighted by molar-refractivity contribution is -0.116. The topological polar surface area (TPSA) is 51.2 Å². The van der Waals surface area contributed by atoms with Gasteiger partial charge in [-0.2, -0.15) is 0 Å². The van der Waals surface area contributed by atoms with Crippen molar-refractivity contribution in [3.05, 3.63) is 48.2 Å². The Morgan fingerprint density at radius 1 is 1.23 bits per heavy atom. The van der Waals surface area contributed by atoms with Crippen molar-refractivity contribution in [2.45, 2.75) is 24.8 Å². The Morgan fingerprint density at radius 2 is 2.00 bits per heavy atom. The van der Waals surface area contributed by atoms with Crippen LogP contribution in [-0.4, -0.2) is 23.8 Å². The second-order valence-electron chi connectivity index (χ2n) is 4.71. The minimum Gasteiger partial charge on any atom is -0.494 e. The van der Waals surface area contributed by atoms with Gasteiger partial charge in [-0.1, -0.05) is 12.1 Å². The molecule has 1 aromatic heterocycles. The molecule has 116 valence electrons. The summed E-state index contributed by atoms with van der Waals surface area (Å²) in [5.41, 5.74) is 1.85. The SMILES string of the molecule is CCOc1ccc(CCC(=O)Nc2ccc(SC)nc2)cc1. The van der Waals surface area contributed by atoms with Gasteiger partial charge in [0.15, 0.2) is 0 Å². The minimum atomic E-state index is -0.00686. The van der Waals surface area contributed by atoms with E-state index in [0.29, 0.717) is 19.4 Å². The maximum Gasteiger partial charge on any atom is 0.224 e. The van der Waals surface area contributed by atoms with Crippen LogP contribution in [0.25, 0.3) is 0 Å². The smallest absolute Gasteiger partial charge is 0.224 e. The fraction of sp³-hybridized carbons (Fsp3) is 0.294. The molecule has 2 aromatic rings. The largest absolute Gasteiger partial charge is 0.494 e. The molecule has 0 saturated heterocycles. The van der Waals surface area contributed by atoms with Gasteiger partial charge in [-0.05, 0) is 49.4 Å². The predicted octanol–water partition coefficient (Wildman–Crippen LogP) is 3.77. The molecule has 1 heterocycles. The van der Waals surface area contributed by atoms with Crippen LogP contribution >= 0.6 is 11.8 Å². The van der Waals surface area contributed by atoms with Crippen molar-refractivity contribution in [1.29, 1.82) is 0 Å². The third-order valence-corrected chi connectivity index (χ3v) is 3.76. The average molecular weight is 316 g/mol. The zero-order chi connectivity index (χ0) is 15.8. The third-order valence-electron chi connectivity index (χ3n) is 3.10. The van der Waals surface area contributed by atoms with Gasteiger partial charge >= 0.3 is 0 Å². The zero-order valence-corrected chi connectivity index (χ0v) is 13.7. The highest BCUT2D eigenvalue weighted by Gasteiger charge is 2.04. The number of carbonyl (C=O) groups excluding carboxylic acids is 1. The fourth-order valence-electron chi connectivity index (χ4n) is 1.98. The number of aromatic nitrogens is 1. The minimum absolute atomic E-state index is 0.00686. The Morgan fingerprint density at radius 3 is 2.59 bits per heavy atom. The van der Waals surface area contributed by atoms with E-state index in [1.54, 1.807) is 18.0 Å². The summed E-state index contributed by atoms with van der Waals surface area (Å²) in [6.45, 7) is 2.62. The lowest BCUT2D eigenvalue weighted by Gasteiger charge is -2.07. The van der Waals surface area contributed by atoms with Gasteiger partial charge in [0.05, 0.1) is 23.5 Å². The lowest BCUT2D eigenvalue weighted by Crippen LogP contribution is -2.12. The van der Waals surface area contributed by atoms with Crippen molar-refractivity contribution in [3.8, 4) is 5.75 Å². The molecule has 0 bridgehead atoms. The second kappa shape index (κ2) is 8.44. The molecule has 0 saturated carbocycles. The highest BCUT2D eigenvalue weighted by atomic mass is 32.2. The molecule has 0 spiro atoms. The Hall–Kier alpha value is -2.01. The van der Waals surface area contributed by atoms with Gasteiger partial charge in [0, 0.05) is 6.42 Å². The second-order valence-corrected chi connectivity index (χ2v) is 5.54. The van der Waals surface area contributed by atoms with Gasteiger partial charge in [0.25, 0.3) is 0 Å². The van der Waals surface area contributed by atoms with E-state index in [4.69, 9.17) is 4.74 Å². The molecule has 0 aliphatic rings. The van der Waals surface area contributed by atoms with Crippen LogP contribution in [0.3, 0.4) is 0 Å². The maximum atomic E-state index is 11.9. The van der Waals surface area contributed by atoms with Gasteiger partial charge in [-0.3, -0.25) is 4.79 Å². The quantitative estimate of drug-likeness (QED) is 0.790. The van der Waals surface area contributed by atoms with Gasteiger partial charge in [-0.25, -0.2) is 4.98 Å². The van der Waals surface area contributed by atoms with E-state index in [2.05, 4.69) is 10.3 Å². The van der Waals surface area contributed by atoms with Gasteiger partial charge in [0.2, 0.25) is 5.91 Å². The van der Waals surface area contributed by atoms with Crippen molar-refractivity contribution < 1.29 is 9.53 Å². The number of nitrogens with one attached hydrogen (secondary N) is 1. The van der Waals surface area contributed by atoms with Crippen molar-refractivity contribution in [1.82, 2.24) is 4.98 Å². The maximum absolute atomic E-state index is 11.9. The summed E-state index contributed by atoms with van der Waals surface area (Å²) < 4.78 is 5.40. The number of nitrogens with zero attached hydrogens (tertiary/aromatic N) is 1. The normalized spacial score (nSPS) is 10.3. The molecule has 1 amide bonds. The molecule has 0 atom stereocenters. The van der Waals surface area contributed by atoms with E-state index in [-0.39, 0.29) is 5.91 Å². The molecule has 1 aromatic carbocycles. The summed E-state index contributed by atoms with van der Waals surface area (Å²) in [4.78, 5) is 16.2. The van der Waals surface area contributed by atoms with E-state index in [1.165, 1.54) is 0 Å². The first-order valence-electron chi connectivity index (χ1n) is 7.23. The molecule has 0 unspecified atom stereocenters. The molecule has 0 fully saturated rings. The summed E-state index contributed by atoms with van der Waals surface area (Å²) in [5, 5.41) is 3.80. The molecule has 0 radical (unpaired) electrons. The highest BCUT2D eigenvalue weighted by Crippen LogP contribution is 2.15. The summed E-state index contributed by atoms with van der Waals surface area (Å²) in [7, 11) is 0. The van der Waals surface area contributed by atoms with Gasteiger partial charge in [0.1, 0.15) is 5.75 Å².